The molecule has 7 heteroatoms. The zero-order chi connectivity index (χ0) is 13.8. The third-order valence-electron chi connectivity index (χ3n) is 3.08. The molecule has 1 aromatic heterocycles. The first-order valence-corrected chi connectivity index (χ1v) is 7.57. The van der Waals surface area contributed by atoms with E-state index >= 15 is 0 Å². The minimum absolute atomic E-state index is 0.394. The Labute approximate surface area is 121 Å². The molecule has 0 aliphatic carbocycles. The van der Waals surface area contributed by atoms with Gasteiger partial charge < -0.3 is 9.80 Å². The van der Waals surface area contributed by atoms with Crippen LogP contribution in [0.25, 0.3) is 0 Å². The maximum atomic E-state index is 11.7. The van der Waals surface area contributed by atoms with Crippen molar-refractivity contribution in [2.45, 2.75) is 18.7 Å². The van der Waals surface area contributed by atoms with Crippen LogP contribution in [0.3, 0.4) is 0 Å². The van der Waals surface area contributed by atoms with E-state index < -0.39 is 11.8 Å². The smallest absolute Gasteiger partial charge is 0.312 e. The molecule has 1 aliphatic rings. The number of likely N-dealkylation sites (N-methyl/N-ethyl adjacent to an activating group) is 1. The number of carbonyl (C=O) groups is 2. The second kappa shape index (κ2) is 6.34. The van der Waals surface area contributed by atoms with Gasteiger partial charge in [0, 0.05) is 38.5 Å². The fourth-order valence-electron chi connectivity index (χ4n) is 1.93. The lowest BCUT2D eigenvalue weighted by Crippen LogP contribution is -2.52. The minimum Gasteiger partial charge on any atom is -0.336 e. The van der Waals surface area contributed by atoms with Gasteiger partial charge in [-0.25, -0.2) is 4.98 Å². The van der Waals surface area contributed by atoms with Crippen molar-refractivity contribution in [3.05, 3.63) is 16.1 Å². The van der Waals surface area contributed by atoms with E-state index in [2.05, 4.69) is 4.98 Å². The first-order valence-electron chi connectivity index (χ1n) is 6.15. The molecule has 1 aromatic rings. The van der Waals surface area contributed by atoms with Crippen LogP contribution >= 0.6 is 22.9 Å². The molecule has 0 spiro atoms. The van der Waals surface area contributed by atoms with Crippen molar-refractivity contribution in [2.24, 2.45) is 0 Å². The average molecular weight is 302 g/mol. The highest BCUT2D eigenvalue weighted by Gasteiger charge is 2.29. The number of rotatable bonds is 5. The zero-order valence-electron chi connectivity index (χ0n) is 10.8. The number of carbonyl (C=O) groups excluding carboxylic acids is 2. The van der Waals surface area contributed by atoms with Crippen LogP contribution in [0.2, 0.25) is 0 Å². The number of hydrogen-bond donors (Lipinski definition) is 0. The summed E-state index contributed by atoms with van der Waals surface area (Å²) in [5.74, 6) is -0.374. The number of amides is 2. The van der Waals surface area contributed by atoms with Crippen LogP contribution in [-0.4, -0.2) is 53.3 Å². The molecule has 2 heterocycles. The summed E-state index contributed by atoms with van der Waals surface area (Å²) in [5, 5.41) is 2.98. The second-order valence-corrected chi connectivity index (χ2v) is 5.70. The molecule has 2 rings (SSSR count). The molecular weight excluding hydrogens is 286 g/mol. The van der Waals surface area contributed by atoms with Crippen LogP contribution in [0.4, 0.5) is 0 Å². The number of thiazole rings is 1. The van der Waals surface area contributed by atoms with Crippen LogP contribution in [0.15, 0.2) is 5.38 Å². The summed E-state index contributed by atoms with van der Waals surface area (Å²) >= 11 is 7.28. The molecule has 5 nitrogen and oxygen atoms in total. The van der Waals surface area contributed by atoms with Crippen LogP contribution < -0.4 is 0 Å². The van der Waals surface area contributed by atoms with Gasteiger partial charge in [-0.15, -0.1) is 22.9 Å². The Bertz CT molecular complexity index is 477. The highest BCUT2D eigenvalue weighted by Crippen LogP contribution is 2.14. The number of alkyl halides is 1. The van der Waals surface area contributed by atoms with Crippen molar-refractivity contribution in [1.82, 2.24) is 14.8 Å². The predicted octanol–water partition coefficient (Wildman–Crippen LogP) is 1.12. The third-order valence-corrected chi connectivity index (χ3v) is 4.31. The summed E-state index contributed by atoms with van der Waals surface area (Å²) in [5.41, 5.74) is 0.896. The van der Waals surface area contributed by atoms with Crippen LogP contribution in [0.5, 0.6) is 0 Å². The Kier molecular flexibility index (Phi) is 4.76. The molecular formula is C12H16ClN3O2S. The lowest BCUT2D eigenvalue weighted by atomic mass is 10.2. The number of nitrogens with zero attached hydrogens (tertiary/aromatic N) is 3. The van der Waals surface area contributed by atoms with E-state index in [4.69, 9.17) is 11.6 Å². The standard InChI is InChI=1S/C12H16ClN3O2S/c1-15-5-6-16(12(18)11(15)17)4-2-3-10-14-9(7-13)8-19-10/h8H,2-7H2,1H3. The Morgan fingerprint density at radius 1 is 1.37 bits per heavy atom. The van der Waals surface area contributed by atoms with Crippen molar-refractivity contribution in [3.63, 3.8) is 0 Å². The topological polar surface area (TPSA) is 53.5 Å². The fraction of sp³-hybridized carbons (Fsp3) is 0.583. The SMILES string of the molecule is CN1CCN(CCCc2nc(CCl)cs2)C(=O)C1=O. The van der Waals surface area contributed by atoms with E-state index in [9.17, 15) is 9.59 Å². The molecule has 0 N–H and O–H groups in total. The summed E-state index contributed by atoms with van der Waals surface area (Å²) in [6, 6.07) is 0. The first-order chi connectivity index (χ1) is 9.11. The summed E-state index contributed by atoms with van der Waals surface area (Å²) in [4.78, 5) is 30.7. The summed E-state index contributed by atoms with van der Waals surface area (Å²) in [6.45, 7) is 1.83. The van der Waals surface area contributed by atoms with Crippen LogP contribution in [-0.2, 0) is 21.9 Å². The molecule has 2 amide bonds. The fourth-order valence-corrected chi connectivity index (χ4v) is 3.00. The van der Waals surface area contributed by atoms with Gasteiger partial charge in [-0.1, -0.05) is 0 Å². The van der Waals surface area contributed by atoms with Gasteiger partial charge in [0.1, 0.15) is 0 Å². The Hall–Kier alpha value is -1.14. The number of piperazine rings is 1. The van der Waals surface area contributed by atoms with Gasteiger partial charge in [-0.3, -0.25) is 9.59 Å². The lowest BCUT2D eigenvalue weighted by Gasteiger charge is -2.31. The maximum absolute atomic E-state index is 11.7. The predicted molar refractivity (Wildman–Crippen MR) is 74.2 cm³/mol. The molecule has 1 fully saturated rings. The molecule has 1 aliphatic heterocycles. The van der Waals surface area contributed by atoms with E-state index in [0.717, 1.165) is 23.5 Å². The molecule has 0 unspecified atom stereocenters. The number of halogens is 1. The third kappa shape index (κ3) is 3.45. The zero-order valence-corrected chi connectivity index (χ0v) is 12.3. The van der Waals surface area contributed by atoms with Gasteiger partial charge in [0.2, 0.25) is 0 Å². The van der Waals surface area contributed by atoms with Gasteiger partial charge in [-0.2, -0.15) is 0 Å². The molecule has 0 aromatic carbocycles. The van der Waals surface area contributed by atoms with Crippen molar-refractivity contribution in [1.29, 1.82) is 0 Å². The van der Waals surface area contributed by atoms with Crippen molar-refractivity contribution < 1.29 is 9.59 Å². The molecule has 0 bridgehead atoms. The second-order valence-electron chi connectivity index (χ2n) is 4.49. The average Bonchev–Trinajstić information content (AvgIpc) is 2.87. The molecule has 104 valence electrons. The van der Waals surface area contributed by atoms with Gasteiger partial charge in [0.05, 0.1) is 16.6 Å². The van der Waals surface area contributed by atoms with Crippen LogP contribution in [0, 0.1) is 0 Å². The van der Waals surface area contributed by atoms with Crippen molar-refractivity contribution in [3.8, 4) is 0 Å². The first kappa shape index (κ1) is 14.3. The van der Waals surface area contributed by atoms with Gasteiger partial charge in [-0.05, 0) is 6.42 Å². The van der Waals surface area contributed by atoms with E-state index in [0.29, 0.717) is 25.5 Å². The molecule has 0 radical (unpaired) electrons. The number of hydrogen-bond acceptors (Lipinski definition) is 4. The Morgan fingerprint density at radius 2 is 2.16 bits per heavy atom. The van der Waals surface area contributed by atoms with E-state index in [-0.39, 0.29) is 0 Å². The summed E-state index contributed by atoms with van der Waals surface area (Å²) < 4.78 is 0. The van der Waals surface area contributed by atoms with Crippen molar-refractivity contribution >= 4 is 34.8 Å². The summed E-state index contributed by atoms with van der Waals surface area (Å²) in [6.07, 6.45) is 1.63. The van der Waals surface area contributed by atoms with Gasteiger partial charge in [0.25, 0.3) is 0 Å². The molecule has 0 atom stereocenters. The largest absolute Gasteiger partial charge is 0.336 e. The van der Waals surface area contributed by atoms with E-state index in [1.54, 1.807) is 23.3 Å². The quantitative estimate of drug-likeness (QED) is 0.605. The Balaban J connectivity index is 1.79. The maximum Gasteiger partial charge on any atom is 0.312 e. The monoisotopic (exact) mass is 301 g/mol. The van der Waals surface area contributed by atoms with Gasteiger partial charge >= 0.3 is 11.8 Å². The number of aromatic nitrogens is 1. The highest BCUT2D eigenvalue weighted by atomic mass is 35.5. The number of aryl methyl sites for hydroxylation is 1. The minimum atomic E-state index is -0.412. The summed E-state index contributed by atoms with van der Waals surface area (Å²) in [7, 11) is 1.65. The van der Waals surface area contributed by atoms with Gasteiger partial charge in [0.15, 0.2) is 0 Å². The van der Waals surface area contributed by atoms with Crippen LogP contribution in [0.1, 0.15) is 17.1 Å². The van der Waals surface area contributed by atoms with Crippen molar-refractivity contribution in [2.75, 3.05) is 26.7 Å². The normalized spacial score (nSPS) is 16.3. The molecule has 0 saturated carbocycles. The molecule has 1 saturated heterocycles. The highest BCUT2D eigenvalue weighted by molar-refractivity contribution is 7.09. The van der Waals surface area contributed by atoms with E-state index in [1.165, 1.54) is 4.90 Å². The lowest BCUT2D eigenvalue weighted by molar-refractivity contribution is -0.154. The molecule has 19 heavy (non-hydrogen) atoms. The Morgan fingerprint density at radius 3 is 2.84 bits per heavy atom. The van der Waals surface area contributed by atoms with E-state index in [1.807, 2.05) is 5.38 Å².